The Bertz CT molecular complexity index is 190. The van der Waals surface area contributed by atoms with Crippen molar-refractivity contribution in [2.75, 3.05) is 0 Å². The fourth-order valence-electron chi connectivity index (χ4n) is 1.86. The van der Waals surface area contributed by atoms with Crippen LogP contribution >= 0.6 is 0 Å². The number of carbonyl (C=O) groups excluding carboxylic acids is 1. The maximum Gasteiger partial charge on any atom is 0.221 e. The SMILES string of the molecule is CC(C)CC(CC(=O)NC(C)C)NC(C)C. The summed E-state index contributed by atoms with van der Waals surface area (Å²) in [5.74, 6) is 0.761. The predicted molar refractivity (Wildman–Crippen MR) is 69.4 cm³/mol. The van der Waals surface area contributed by atoms with E-state index < -0.39 is 0 Å². The van der Waals surface area contributed by atoms with Crippen molar-refractivity contribution in [2.45, 2.75) is 72.5 Å². The summed E-state index contributed by atoms with van der Waals surface area (Å²) in [5.41, 5.74) is 0. The molecule has 1 amide bonds. The second kappa shape index (κ2) is 7.66. The summed E-state index contributed by atoms with van der Waals surface area (Å²) in [6, 6.07) is 0.945. The van der Waals surface area contributed by atoms with Gasteiger partial charge in [-0.1, -0.05) is 27.7 Å². The molecule has 3 nitrogen and oxygen atoms in total. The Morgan fingerprint density at radius 1 is 1.00 bits per heavy atom. The molecule has 2 N–H and O–H groups in total. The van der Waals surface area contributed by atoms with Crippen LogP contribution in [-0.2, 0) is 4.79 Å². The van der Waals surface area contributed by atoms with Gasteiger partial charge in [0.05, 0.1) is 0 Å². The van der Waals surface area contributed by atoms with Gasteiger partial charge >= 0.3 is 0 Å². The zero-order chi connectivity index (χ0) is 12.7. The van der Waals surface area contributed by atoms with Crippen LogP contribution < -0.4 is 10.6 Å². The van der Waals surface area contributed by atoms with Crippen LogP contribution in [0.15, 0.2) is 0 Å². The number of rotatable bonds is 7. The van der Waals surface area contributed by atoms with E-state index >= 15 is 0 Å². The van der Waals surface area contributed by atoms with Gasteiger partial charge < -0.3 is 10.6 Å². The monoisotopic (exact) mass is 228 g/mol. The molecule has 0 spiro atoms. The van der Waals surface area contributed by atoms with Crippen LogP contribution in [0.3, 0.4) is 0 Å². The smallest absolute Gasteiger partial charge is 0.221 e. The summed E-state index contributed by atoms with van der Waals surface area (Å²) >= 11 is 0. The van der Waals surface area contributed by atoms with Crippen LogP contribution in [0.25, 0.3) is 0 Å². The minimum Gasteiger partial charge on any atom is -0.354 e. The van der Waals surface area contributed by atoms with E-state index in [0.29, 0.717) is 24.4 Å². The number of nitrogens with one attached hydrogen (secondary N) is 2. The molecular formula is C13H28N2O. The van der Waals surface area contributed by atoms with Crippen LogP contribution in [0, 0.1) is 5.92 Å². The first-order valence-electron chi connectivity index (χ1n) is 6.36. The molecule has 0 fully saturated rings. The van der Waals surface area contributed by atoms with Crippen molar-refractivity contribution in [3.05, 3.63) is 0 Å². The lowest BCUT2D eigenvalue weighted by atomic mass is 10.00. The van der Waals surface area contributed by atoms with Gasteiger partial charge in [-0.3, -0.25) is 4.79 Å². The Hall–Kier alpha value is -0.570. The van der Waals surface area contributed by atoms with Gasteiger partial charge in [0.15, 0.2) is 0 Å². The molecular weight excluding hydrogens is 200 g/mol. The van der Waals surface area contributed by atoms with E-state index in [9.17, 15) is 4.79 Å². The van der Waals surface area contributed by atoms with Crippen LogP contribution in [0.4, 0.5) is 0 Å². The van der Waals surface area contributed by atoms with Gasteiger partial charge in [0.1, 0.15) is 0 Å². The molecule has 1 atom stereocenters. The summed E-state index contributed by atoms with van der Waals surface area (Å²) in [4.78, 5) is 11.7. The van der Waals surface area contributed by atoms with Gasteiger partial charge in [-0.15, -0.1) is 0 Å². The van der Waals surface area contributed by atoms with E-state index in [2.05, 4.69) is 38.3 Å². The highest BCUT2D eigenvalue weighted by atomic mass is 16.1. The maximum absolute atomic E-state index is 11.7. The van der Waals surface area contributed by atoms with Gasteiger partial charge in [-0.2, -0.15) is 0 Å². The summed E-state index contributed by atoms with van der Waals surface area (Å²) in [5, 5.41) is 6.40. The predicted octanol–water partition coefficient (Wildman–Crippen LogP) is 2.31. The molecule has 0 aromatic rings. The molecule has 1 unspecified atom stereocenters. The number of hydrogen-bond acceptors (Lipinski definition) is 2. The van der Waals surface area contributed by atoms with E-state index in [1.54, 1.807) is 0 Å². The van der Waals surface area contributed by atoms with Gasteiger partial charge in [-0.05, 0) is 26.2 Å². The quantitative estimate of drug-likeness (QED) is 0.702. The van der Waals surface area contributed by atoms with E-state index in [-0.39, 0.29) is 11.9 Å². The molecule has 0 aromatic heterocycles. The molecule has 0 aliphatic rings. The fourth-order valence-corrected chi connectivity index (χ4v) is 1.86. The fraction of sp³-hybridized carbons (Fsp3) is 0.923. The third-order valence-corrected chi connectivity index (χ3v) is 2.21. The maximum atomic E-state index is 11.7. The zero-order valence-electron chi connectivity index (χ0n) is 11.6. The Labute approximate surface area is 100 Å². The van der Waals surface area contributed by atoms with E-state index in [4.69, 9.17) is 0 Å². The molecule has 16 heavy (non-hydrogen) atoms. The van der Waals surface area contributed by atoms with Crippen LogP contribution in [-0.4, -0.2) is 24.0 Å². The van der Waals surface area contributed by atoms with Crippen LogP contribution in [0.2, 0.25) is 0 Å². The summed E-state index contributed by atoms with van der Waals surface area (Å²) < 4.78 is 0. The largest absolute Gasteiger partial charge is 0.354 e. The first kappa shape index (κ1) is 15.4. The molecule has 0 aliphatic heterocycles. The first-order chi connectivity index (χ1) is 7.31. The lowest BCUT2D eigenvalue weighted by Gasteiger charge is -2.23. The number of carbonyl (C=O) groups is 1. The lowest BCUT2D eigenvalue weighted by molar-refractivity contribution is -0.122. The van der Waals surface area contributed by atoms with Gasteiger partial charge in [0.25, 0.3) is 0 Å². The molecule has 0 rings (SSSR count). The summed E-state index contributed by atoms with van der Waals surface area (Å²) in [7, 11) is 0. The Morgan fingerprint density at radius 2 is 1.56 bits per heavy atom. The number of amides is 1. The summed E-state index contributed by atoms with van der Waals surface area (Å²) in [6.07, 6.45) is 1.62. The highest BCUT2D eigenvalue weighted by molar-refractivity contribution is 5.76. The van der Waals surface area contributed by atoms with Crippen molar-refractivity contribution < 1.29 is 4.79 Å². The molecule has 0 saturated heterocycles. The van der Waals surface area contributed by atoms with Gasteiger partial charge in [0, 0.05) is 24.5 Å². The average molecular weight is 228 g/mol. The molecule has 3 heteroatoms. The third-order valence-electron chi connectivity index (χ3n) is 2.21. The molecule has 0 aromatic carbocycles. The minimum atomic E-state index is 0.147. The third kappa shape index (κ3) is 8.72. The van der Waals surface area contributed by atoms with Crippen LogP contribution in [0.5, 0.6) is 0 Å². The topological polar surface area (TPSA) is 41.1 Å². The Balaban J connectivity index is 4.13. The first-order valence-corrected chi connectivity index (χ1v) is 6.36. The van der Waals surface area contributed by atoms with Crippen molar-refractivity contribution in [3.8, 4) is 0 Å². The molecule has 0 saturated carbocycles. The summed E-state index contributed by atoms with van der Waals surface area (Å²) in [6.45, 7) is 12.6. The van der Waals surface area contributed by atoms with Crippen molar-refractivity contribution >= 4 is 5.91 Å². The van der Waals surface area contributed by atoms with Gasteiger partial charge in [-0.25, -0.2) is 0 Å². The zero-order valence-corrected chi connectivity index (χ0v) is 11.6. The van der Waals surface area contributed by atoms with Crippen molar-refractivity contribution in [1.29, 1.82) is 0 Å². The minimum absolute atomic E-state index is 0.147. The van der Waals surface area contributed by atoms with Gasteiger partial charge in [0.2, 0.25) is 5.91 Å². The standard InChI is InChI=1S/C13H28N2O/c1-9(2)7-12(14-10(3)4)8-13(16)15-11(5)6/h9-12,14H,7-8H2,1-6H3,(H,15,16). The van der Waals surface area contributed by atoms with E-state index in [1.807, 2.05) is 13.8 Å². The molecule has 0 aliphatic carbocycles. The highest BCUT2D eigenvalue weighted by Gasteiger charge is 2.16. The van der Waals surface area contributed by atoms with Crippen molar-refractivity contribution in [3.63, 3.8) is 0 Å². The highest BCUT2D eigenvalue weighted by Crippen LogP contribution is 2.09. The molecule has 0 bridgehead atoms. The van der Waals surface area contributed by atoms with Crippen molar-refractivity contribution in [1.82, 2.24) is 10.6 Å². The molecule has 0 radical (unpaired) electrons. The van der Waals surface area contributed by atoms with E-state index in [0.717, 1.165) is 6.42 Å². The number of hydrogen-bond donors (Lipinski definition) is 2. The Morgan fingerprint density at radius 3 is 1.94 bits per heavy atom. The normalized spacial score (nSPS) is 13.6. The van der Waals surface area contributed by atoms with E-state index in [1.165, 1.54) is 0 Å². The Kier molecular flexibility index (Phi) is 7.39. The molecule has 96 valence electrons. The second-order valence-electron chi connectivity index (χ2n) is 5.57. The average Bonchev–Trinajstić information content (AvgIpc) is 1.97. The van der Waals surface area contributed by atoms with Crippen molar-refractivity contribution in [2.24, 2.45) is 5.92 Å². The second-order valence-corrected chi connectivity index (χ2v) is 5.57. The van der Waals surface area contributed by atoms with Crippen LogP contribution in [0.1, 0.15) is 54.4 Å². The lowest BCUT2D eigenvalue weighted by Crippen LogP contribution is -2.41. The molecule has 0 heterocycles.